The number of benzene rings is 2. The maximum atomic E-state index is 12.6. The molecule has 0 unspecified atom stereocenters. The van der Waals surface area contributed by atoms with Crippen molar-refractivity contribution in [3.8, 4) is 5.75 Å². The number of anilines is 1. The monoisotopic (exact) mass is 472 g/mol. The van der Waals surface area contributed by atoms with Crippen LogP contribution in [-0.2, 0) is 6.42 Å². The minimum absolute atomic E-state index is 0.198. The van der Waals surface area contributed by atoms with Crippen molar-refractivity contribution in [3.63, 3.8) is 0 Å². The van der Waals surface area contributed by atoms with E-state index in [-0.39, 0.29) is 11.8 Å². The van der Waals surface area contributed by atoms with E-state index in [0.29, 0.717) is 44.3 Å². The second-order valence-electron chi connectivity index (χ2n) is 6.43. The molecule has 0 saturated carbocycles. The van der Waals surface area contributed by atoms with Crippen LogP contribution in [0.25, 0.3) is 10.1 Å². The predicted molar refractivity (Wildman–Crippen MR) is 124 cm³/mol. The molecule has 2 heterocycles. The average molecular weight is 473 g/mol. The van der Waals surface area contributed by atoms with Crippen LogP contribution in [-0.4, -0.2) is 35.7 Å². The molecule has 4 aromatic rings. The Kier molecular flexibility index (Phi) is 6.45. The maximum Gasteiger partial charge on any atom is 0.269 e. The molecule has 10 heteroatoms. The summed E-state index contributed by atoms with van der Waals surface area (Å²) in [6.07, 6.45) is 0.493. The Hall–Kier alpha value is -3.01. The van der Waals surface area contributed by atoms with Gasteiger partial charge in [-0.15, -0.1) is 21.5 Å². The summed E-state index contributed by atoms with van der Waals surface area (Å²) in [6.45, 7) is 0.390. The first-order valence-corrected chi connectivity index (χ1v) is 11.3. The molecule has 0 aliphatic heterocycles. The Morgan fingerprint density at radius 1 is 1.06 bits per heavy atom. The summed E-state index contributed by atoms with van der Waals surface area (Å²) < 4.78 is 6.08. The van der Waals surface area contributed by atoms with E-state index in [9.17, 15) is 9.59 Å². The summed E-state index contributed by atoms with van der Waals surface area (Å²) in [5.74, 6) is 0.104. The molecule has 2 amide bonds. The zero-order valence-corrected chi connectivity index (χ0v) is 18.7. The molecule has 2 aromatic carbocycles. The Morgan fingerprint density at radius 2 is 1.90 bits per heavy atom. The molecule has 0 spiro atoms. The zero-order valence-electron chi connectivity index (χ0n) is 16.3. The van der Waals surface area contributed by atoms with E-state index in [0.717, 1.165) is 10.1 Å². The van der Waals surface area contributed by atoms with E-state index in [1.165, 1.54) is 22.7 Å². The maximum absolute atomic E-state index is 12.6. The number of carbonyl (C=O) groups is 2. The molecule has 4 rings (SSSR count). The van der Waals surface area contributed by atoms with Crippen LogP contribution in [0.15, 0.2) is 48.5 Å². The summed E-state index contributed by atoms with van der Waals surface area (Å²) in [7, 11) is 1.55. The fraction of sp³-hybridized carbons (Fsp3) is 0.143. The molecule has 0 atom stereocenters. The molecule has 0 fully saturated rings. The van der Waals surface area contributed by atoms with Crippen molar-refractivity contribution in [1.29, 1.82) is 0 Å². The Balaban J connectivity index is 1.33. The molecule has 0 radical (unpaired) electrons. The number of halogens is 1. The highest BCUT2D eigenvalue weighted by molar-refractivity contribution is 7.22. The van der Waals surface area contributed by atoms with Gasteiger partial charge in [0.15, 0.2) is 0 Å². The number of carbonyl (C=O) groups excluding carboxylic acids is 2. The standard InChI is InChI=1S/C21H17ClN4O3S2/c1-29-13-6-4-5-12(11-13)19(27)23-10-9-16-25-26-21(31-16)24-20(28)18-17(22)14-7-2-3-8-15(14)30-18/h2-8,11H,9-10H2,1H3,(H,23,27)(H,24,26,28). The minimum atomic E-state index is -0.319. The number of aromatic nitrogens is 2. The first kappa shape index (κ1) is 21.2. The summed E-state index contributed by atoms with van der Waals surface area (Å²) in [5.41, 5.74) is 0.518. The van der Waals surface area contributed by atoms with Crippen LogP contribution in [0.4, 0.5) is 5.13 Å². The molecular weight excluding hydrogens is 456 g/mol. The molecule has 7 nitrogen and oxygen atoms in total. The number of hydrogen-bond acceptors (Lipinski definition) is 7. The number of methoxy groups -OCH3 is 1. The third kappa shape index (κ3) is 4.84. The lowest BCUT2D eigenvalue weighted by atomic mass is 10.2. The molecule has 2 N–H and O–H groups in total. The number of fused-ring (bicyclic) bond motifs is 1. The van der Waals surface area contributed by atoms with Gasteiger partial charge in [-0.3, -0.25) is 14.9 Å². The van der Waals surface area contributed by atoms with Gasteiger partial charge in [0.2, 0.25) is 5.13 Å². The van der Waals surface area contributed by atoms with Crippen molar-refractivity contribution in [2.75, 3.05) is 19.0 Å². The van der Waals surface area contributed by atoms with Crippen LogP contribution in [0.5, 0.6) is 5.75 Å². The number of ether oxygens (including phenoxy) is 1. The van der Waals surface area contributed by atoms with Gasteiger partial charge in [0, 0.05) is 28.6 Å². The molecule has 2 aromatic heterocycles. The Morgan fingerprint density at radius 3 is 2.71 bits per heavy atom. The van der Waals surface area contributed by atoms with Crippen LogP contribution in [0.2, 0.25) is 5.02 Å². The van der Waals surface area contributed by atoms with Gasteiger partial charge < -0.3 is 10.1 Å². The van der Waals surface area contributed by atoms with Crippen molar-refractivity contribution in [1.82, 2.24) is 15.5 Å². The summed E-state index contributed by atoms with van der Waals surface area (Å²) in [5, 5.41) is 16.0. The first-order chi connectivity index (χ1) is 15.0. The van der Waals surface area contributed by atoms with E-state index in [1.54, 1.807) is 31.4 Å². The fourth-order valence-electron chi connectivity index (χ4n) is 2.87. The molecule has 31 heavy (non-hydrogen) atoms. The largest absolute Gasteiger partial charge is 0.497 e. The topological polar surface area (TPSA) is 93.2 Å². The SMILES string of the molecule is COc1cccc(C(=O)NCCc2nnc(NC(=O)c3sc4ccccc4c3Cl)s2)c1. The summed E-state index contributed by atoms with van der Waals surface area (Å²) in [4.78, 5) is 25.3. The Labute approximate surface area is 191 Å². The van der Waals surface area contributed by atoms with Crippen molar-refractivity contribution < 1.29 is 14.3 Å². The number of nitrogens with one attached hydrogen (secondary N) is 2. The number of amides is 2. The molecule has 0 aliphatic carbocycles. The fourth-order valence-corrected chi connectivity index (χ4v) is 5.02. The van der Waals surface area contributed by atoms with Gasteiger partial charge in [-0.05, 0) is 24.3 Å². The summed E-state index contributed by atoms with van der Waals surface area (Å²) >= 11 is 8.95. The number of thiophene rings is 1. The van der Waals surface area contributed by atoms with Crippen LogP contribution in [0.3, 0.4) is 0 Å². The molecule has 0 bridgehead atoms. The average Bonchev–Trinajstić information content (AvgIpc) is 3.38. The lowest BCUT2D eigenvalue weighted by Gasteiger charge is -2.05. The van der Waals surface area contributed by atoms with E-state index in [2.05, 4.69) is 20.8 Å². The predicted octanol–water partition coefficient (Wildman–Crippen LogP) is 4.64. The quantitative estimate of drug-likeness (QED) is 0.408. The third-order valence-electron chi connectivity index (χ3n) is 4.38. The van der Waals surface area contributed by atoms with E-state index < -0.39 is 0 Å². The third-order valence-corrected chi connectivity index (χ3v) is 6.96. The first-order valence-electron chi connectivity index (χ1n) is 9.28. The van der Waals surface area contributed by atoms with Gasteiger partial charge >= 0.3 is 0 Å². The molecule has 0 aliphatic rings. The molecule has 0 saturated heterocycles. The second kappa shape index (κ2) is 9.42. The molecular formula is C21H17ClN4O3S2. The van der Waals surface area contributed by atoms with Crippen molar-refractivity contribution in [2.45, 2.75) is 6.42 Å². The highest BCUT2D eigenvalue weighted by Gasteiger charge is 2.18. The van der Waals surface area contributed by atoms with E-state index in [4.69, 9.17) is 16.3 Å². The zero-order chi connectivity index (χ0) is 21.8. The van der Waals surface area contributed by atoms with Crippen LogP contribution in [0, 0.1) is 0 Å². The lowest BCUT2D eigenvalue weighted by Crippen LogP contribution is -2.25. The van der Waals surface area contributed by atoms with Gasteiger partial charge in [0.25, 0.3) is 11.8 Å². The van der Waals surface area contributed by atoms with Gasteiger partial charge in [0.1, 0.15) is 15.6 Å². The number of rotatable bonds is 7. The van der Waals surface area contributed by atoms with Gasteiger partial charge in [-0.1, -0.05) is 47.2 Å². The van der Waals surface area contributed by atoms with Crippen LogP contribution < -0.4 is 15.4 Å². The van der Waals surface area contributed by atoms with Crippen molar-refractivity contribution >= 4 is 61.3 Å². The highest BCUT2D eigenvalue weighted by Crippen LogP contribution is 2.35. The van der Waals surface area contributed by atoms with Crippen LogP contribution in [0.1, 0.15) is 25.0 Å². The van der Waals surface area contributed by atoms with Gasteiger partial charge in [0.05, 0.1) is 12.1 Å². The highest BCUT2D eigenvalue weighted by atomic mass is 35.5. The normalized spacial score (nSPS) is 10.8. The van der Waals surface area contributed by atoms with Crippen molar-refractivity contribution in [3.05, 3.63) is 69.0 Å². The van der Waals surface area contributed by atoms with Gasteiger partial charge in [-0.2, -0.15) is 0 Å². The van der Waals surface area contributed by atoms with E-state index in [1.807, 2.05) is 24.3 Å². The van der Waals surface area contributed by atoms with E-state index >= 15 is 0 Å². The summed E-state index contributed by atoms with van der Waals surface area (Å²) in [6, 6.07) is 14.5. The Bertz CT molecular complexity index is 1250. The molecule has 158 valence electrons. The second-order valence-corrected chi connectivity index (χ2v) is 8.93. The van der Waals surface area contributed by atoms with Crippen LogP contribution >= 0.6 is 34.3 Å². The van der Waals surface area contributed by atoms with Gasteiger partial charge in [-0.25, -0.2) is 0 Å². The smallest absolute Gasteiger partial charge is 0.269 e. The van der Waals surface area contributed by atoms with Crippen molar-refractivity contribution in [2.24, 2.45) is 0 Å². The lowest BCUT2D eigenvalue weighted by molar-refractivity contribution is 0.0953. The number of hydrogen-bond donors (Lipinski definition) is 2. The number of nitrogens with zero attached hydrogens (tertiary/aromatic N) is 2. The minimum Gasteiger partial charge on any atom is -0.497 e.